The maximum atomic E-state index is 14.0. The van der Waals surface area contributed by atoms with E-state index in [1.165, 1.54) is 12.1 Å². The third-order valence-corrected chi connectivity index (χ3v) is 6.28. The number of nitrogens with zero attached hydrogens (tertiary/aromatic N) is 6. The minimum absolute atomic E-state index is 0.0708. The first-order valence-corrected chi connectivity index (χ1v) is 11.4. The number of anilines is 2. The van der Waals surface area contributed by atoms with E-state index >= 15 is 0 Å². The van der Waals surface area contributed by atoms with Crippen LogP contribution in [0, 0.1) is 11.6 Å². The summed E-state index contributed by atoms with van der Waals surface area (Å²) in [5.41, 5.74) is 8.87. The van der Waals surface area contributed by atoms with Gasteiger partial charge in [0, 0.05) is 49.8 Å². The fraction of sp³-hybridized carbons (Fsp3) is 0.333. The number of aromatic nitrogens is 5. The first-order valence-electron chi connectivity index (χ1n) is 11.4. The maximum Gasteiger partial charge on any atom is 0.167 e. The number of fused-ring (bicyclic) bond motifs is 1. The van der Waals surface area contributed by atoms with Crippen LogP contribution in [0.3, 0.4) is 0 Å². The highest BCUT2D eigenvalue weighted by Gasteiger charge is 2.28. The summed E-state index contributed by atoms with van der Waals surface area (Å²) < 4.78 is 35.0. The molecule has 10 heteroatoms. The molecule has 0 bridgehead atoms. The number of rotatable bonds is 5. The quantitative estimate of drug-likeness (QED) is 0.475. The van der Waals surface area contributed by atoms with Crippen LogP contribution < -0.4 is 15.4 Å². The molecule has 0 amide bonds. The largest absolute Gasteiger partial charge is 0.487 e. The van der Waals surface area contributed by atoms with Crippen LogP contribution in [0.15, 0.2) is 42.9 Å². The van der Waals surface area contributed by atoms with Crippen molar-refractivity contribution >= 4 is 22.7 Å². The minimum Gasteiger partial charge on any atom is -0.487 e. The Morgan fingerprint density at radius 2 is 1.79 bits per heavy atom. The zero-order chi connectivity index (χ0) is 23.2. The summed E-state index contributed by atoms with van der Waals surface area (Å²) in [6, 6.07) is 5.55. The number of nitrogens with two attached hydrogens (primary N) is 1. The summed E-state index contributed by atoms with van der Waals surface area (Å²) in [7, 11) is 0. The van der Waals surface area contributed by atoms with Gasteiger partial charge < -0.3 is 15.4 Å². The van der Waals surface area contributed by atoms with Gasteiger partial charge in [0.15, 0.2) is 17.4 Å². The molecule has 174 valence electrons. The highest BCUT2D eigenvalue weighted by molar-refractivity contribution is 5.84. The minimum atomic E-state index is -0.691. The third kappa shape index (κ3) is 4.00. The average molecular weight is 463 g/mol. The van der Waals surface area contributed by atoms with E-state index in [2.05, 4.69) is 15.0 Å². The highest BCUT2D eigenvalue weighted by Crippen LogP contribution is 2.37. The molecule has 1 saturated carbocycles. The molecule has 8 nitrogen and oxygen atoms in total. The fourth-order valence-electron chi connectivity index (χ4n) is 4.32. The molecule has 4 aromatic rings. The van der Waals surface area contributed by atoms with Crippen LogP contribution in [0.1, 0.15) is 31.7 Å². The molecule has 1 saturated heterocycles. The average Bonchev–Trinajstić information content (AvgIpc) is 3.57. The SMILES string of the molecule is Nc1cc2nc(N3CCC(Oc4ccc(F)cc4F)CC3)c(-c3cnn(C4CC4)c3)nc2cn1. The van der Waals surface area contributed by atoms with E-state index in [9.17, 15) is 8.78 Å². The van der Waals surface area contributed by atoms with Crippen molar-refractivity contribution < 1.29 is 13.5 Å². The molecule has 34 heavy (non-hydrogen) atoms. The molecule has 3 aromatic heterocycles. The Hall–Kier alpha value is -3.82. The monoisotopic (exact) mass is 463 g/mol. The molecule has 4 heterocycles. The molecule has 0 radical (unpaired) electrons. The second-order valence-corrected chi connectivity index (χ2v) is 8.81. The Balaban J connectivity index is 1.28. The van der Waals surface area contributed by atoms with Crippen LogP contribution in [-0.4, -0.2) is 43.9 Å². The lowest BCUT2D eigenvalue weighted by Crippen LogP contribution is -2.39. The Kier molecular flexibility index (Phi) is 5.00. The van der Waals surface area contributed by atoms with Gasteiger partial charge in [-0.2, -0.15) is 5.10 Å². The van der Waals surface area contributed by atoms with Crippen molar-refractivity contribution in [3.63, 3.8) is 0 Å². The molecule has 2 fully saturated rings. The van der Waals surface area contributed by atoms with Crippen molar-refractivity contribution in [1.82, 2.24) is 24.7 Å². The van der Waals surface area contributed by atoms with Gasteiger partial charge in [0.25, 0.3) is 0 Å². The first kappa shape index (κ1) is 20.8. The van der Waals surface area contributed by atoms with Gasteiger partial charge in [0.2, 0.25) is 0 Å². The van der Waals surface area contributed by atoms with E-state index in [-0.39, 0.29) is 11.9 Å². The van der Waals surface area contributed by atoms with E-state index < -0.39 is 11.6 Å². The maximum absolute atomic E-state index is 14.0. The first-order chi connectivity index (χ1) is 16.5. The number of pyridine rings is 1. The summed E-state index contributed by atoms with van der Waals surface area (Å²) in [6.45, 7) is 1.30. The van der Waals surface area contributed by atoms with E-state index in [0.29, 0.717) is 48.8 Å². The third-order valence-electron chi connectivity index (χ3n) is 6.28. The zero-order valence-corrected chi connectivity index (χ0v) is 18.4. The van der Waals surface area contributed by atoms with Gasteiger partial charge in [0.1, 0.15) is 28.9 Å². The summed E-state index contributed by atoms with van der Waals surface area (Å²) in [4.78, 5) is 16.1. The number of piperidine rings is 1. The van der Waals surface area contributed by atoms with Crippen molar-refractivity contribution in [2.75, 3.05) is 23.7 Å². The lowest BCUT2D eigenvalue weighted by atomic mass is 10.1. The van der Waals surface area contributed by atoms with Crippen LogP contribution in [0.5, 0.6) is 5.75 Å². The van der Waals surface area contributed by atoms with Crippen LogP contribution in [0.4, 0.5) is 20.4 Å². The van der Waals surface area contributed by atoms with Crippen LogP contribution in [-0.2, 0) is 0 Å². The van der Waals surface area contributed by atoms with Gasteiger partial charge in [0.05, 0.1) is 24.0 Å². The Labute approximate surface area is 194 Å². The van der Waals surface area contributed by atoms with Crippen molar-refractivity contribution in [2.24, 2.45) is 0 Å². The summed E-state index contributed by atoms with van der Waals surface area (Å²) >= 11 is 0. The van der Waals surface area contributed by atoms with E-state index in [1.54, 1.807) is 12.3 Å². The predicted molar refractivity (Wildman–Crippen MR) is 123 cm³/mol. The van der Waals surface area contributed by atoms with Gasteiger partial charge in [-0.05, 0) is 25.0 Å². The Morgan fingerprint density at radius 1 is 0.971 bits per heavy atom. The lowest BCUT2D eigenvalue weighted by molar-refractivity contribution is 0.163. The van der Waals surface area contributed by atoms with Gasteiger partial charge in [-0.15, -0.1) is 0 Å². The number of ether oxygens (including phenoxy) is 1. The molecular formula is C24H23F2N7O. The molecule has 1 aliphatic carbocycles. The number of hydrogen-bond acceptors (Lipinski definition) is 7. The normalized spacial score (nSPS) is 16.8. The molecule has 0 unspecified atom stereocenters. The molecule has 0 atom stereocenters. The van der Waals surface area contributed by atoms with Gasteiger partial charge in [-0.25, -0.2) is 23.7 Å². The molecule has 2 aliphatic rings. The zero-order valence-electron chi connectivity index (χ0n) is 18.4. The second kappa shape index (κ2) is 8.19. The topological polar surface area (TPSA) is 95.0 Å². The highest BCUT2D eigenvalue weighted by atomic mass is 19.1. The summed E-state index contributed by atoms with van der Waals surface area (Å²) in [5.74, 6) is -0.108. The van der Waals surface area contributed by atoms with Crippen molar-refractivity contribution in [3.05, 3.63) is 54.5 Å². The number of halogens is 2. The Morgan fingerprint density at radius 3 is 2.56 bits per heavy atom. The number of nitrogen functional groups attached to an aromatic ring is 1. The predicted octanol–water partition coefficient (Wildman–Crippen LogP) is 4.13. The van der Waals surface area contributed by atoms with Crippen molar-refractivity contribution in [3.8, 4) is 17.0 Å². The van der Waals surface area contributed by atoms with Gasteiger partial charge in [-0.1, -0.05) is 0 Å². The van der Waals surface area contributed by atoms with Crippen molar-refractivity contribution in [1.29, 1.82) is 0 Å². The molecule has 1 aromatic carbocycles. The second-order valence-electron chi connectivity index (χ2n) is 8.81. The molecular weight excluding hydrogens is 440 g/mol. The molecule has 2 N–H and O–H groups in total. The van der Waals surface area contributed by atoms with E-state index in [0.717, 1.165) is 36.0 Å². The van der Waals surface area contributed by atoms with Crippen LogP contribution >= 0.6 is 0 Å². The van der Waals surface area contributed by atoms with E-state index in [1.807, 2.05) is 17.1 Å². The van der Waals surface area contributed by atoms with E-state index in [4.69, 9.17) is 20.4 Å². The van der Waals surface area contributed by atoms with Gasteiger partial charge in [-0.3, -0.25) is 4.68 Å². The summed E-state index contributed by atoms with van der Waals surface area (Å²) in [5, 5.41) is 4.52. The van der Waals surface area contributed by atoms with Crippen LogP contribution in [0.25, 0.3) is 22.3 Å². The molecule has 0 spiro atoms. The number of hydrogen-bond donors (Lipinski definition) is 1. The number of benzene rings is 1. The standard InChI is InChI=1S/C24H23F2N7O/c25-15-1-4-21(18(26)9-15)34-17-5-7-32(8-6-17)24-23(14-11-29-33(13-14)16-2-3-16)30-20-12-28-22(27)10-19(20)31-24/h1,4,9-13,16-17H,2-3,5-8H2,(H2,27,28). The van der Waals surface area contributed by atoms with Crippen LogP contribution in [0.2, 0.25) is 0 Å². The smallest absolute Gasteiger partial charge is 0.167 e. The summed E-state index contributed by atoms with van der Waals surface area (Å²) in [6.07, 6.45) is 8.92. The molecule has 6 rings (SSSR count). The van der Waals surface area contributed by atoms with Crippen molar-refractivity contribution in [2.45, 2.75) is 37.8 Å². The molecule has 1 aliphatic heterocycles. The lowest BCUT2D eigenvalue weighted by Gasteiger charge is -2.33. The fourth-order valence-corrected chi connectivity index (χ4v) is 4.32. The van der Waals surface area contributed by atoms with Gasteiger partial charge >= 0.3 is 0 Å². The Bertz CT molecular complexity index is 1360.